The van der Waals surface area contributed by atoms with Crippen LogP contribution in [0.15, 0.2) is 55.1 Å². The highest BCUT2D eigenvalue weighted by Crippen LogP contribution is 2.38. The van der Waals surface area contributed by atoms with Gasteiger partial charge in [-0.1, -0.05) is 41.9 Å². The van der Waals surface area contributed by atoms with Gasteiger partial charge in [0.05, 0.1) is 0 Å². The van der Waals surface area contributed by atoms with Gasteiger partial charge in [-0.15, -0.1) is 6.58 Å². The van der Waals surface area contributed by atoms with Crippen molar-refractivity contribution in [3.63, 3.8) is 0 Å². The van der Waals surface area contributed by atoms with Gasteiger partial charge >= 0.3 is 0 Å². The van der Waals surface area contributed by atoms with Gasteiger partial charge in [-0.2, -0.15) is 0 Å². The molecule has 19 heavy (non-hydrogen) atoms. The van der Waals surface area contributed by atoms with Crippen LogP contribution in [0.1, 0.15) is 17.0 Å². The van der Waals surface area contributed by atoms with Crippen LogP contribution in [-0.4, -0.2) is 6.79 Å². The summed E-state index contributed by atoms with van der Waals surface area (Å²) in [5, 5.41) is 0.741. The van der Waals surface area contributed by atoms with Crippen LogP contribution in [0.2, 0.25) is 5.02 Å². The molecule has 0 unspecified atom stereocenters. The van der Waals surface area contributed by atoms with Gasteiger partial charge in [-0.25, -0.2) is 0 Å². The van der Waals surface area contributed by atoms with E-state index in [1.54, 1.807) is 0 Å². The van der Waals surface area contributed by atoms with Crippen molar-refractivity contribution in [2.24, 2.45) is 0 Å². The molecule has 2 nitrogen and oxygen atoms in total. The van der Waals surface area contributed by atoms with Crippen molar-refractivity contribution in [2.75, 3.05) is 6.79 Å². The van der Waals surface area contributed by atoms with Crippen molar-refractivity contribution >= 4 is 11.6 Å². The molecule has 0 aromatic heterocycles. The number of hydrogen-bond acceptors (Lipinski definition) is 2. The molecule has 0 N–H and O–H groups in total. The number of halogens is 1. The molecular weight excluding hydrogens is 260 g/mol. The first-order valence-corrected chi connectivity index (χ1v) is 6.44. The fourth-order valence-corrected chi connectivity index (χ4v) is 2.53. The van der Waals surface area contributed by atoms with E-state index < -0.39 is 0 Å². The topological polar surface area (TPSA) is 18.5 Å². The van der Waals surface area contributed by atoms with Crippen LogP contribution in [0.25, 0.3) is 0 Å². The summed E-state index contributed by atoms with van der Waals surface area (Å²) >= 11 is 6.26. The minimum absolute atomic E-state index is 0.0446. The molecule has 1 heterocycles. The minimum atomic E-state index is 0.0446. The van der Waals surface area contributed by atoms with Crippen LogP contribution in [0.5, 0.6) is 11.5 Å². The van der Waals surface area contributed by atoms with Crippen LogP contribution >= 0.6 is 11.6 Å². The Morgan fingerprint density at radius 2 is 1.89 bits per heavy atom. The number of rotatable bonds is 3. The van der Waals surface area contributed by atoms with E-state index in [4.69, 9.17) is 21.1 Å². The molecule has 0 saturated heterocycles. The van der Waals surface area contributed by atoms with Crippen molar-refractivity contribution in [3.8, 4) is 11.5 Å². The Hall–Kier alpha value is -1.93. The lowest BCUT2D eigenvalue weighted by Gasteiger charge is -2.15. The lowest BCUT2D eigenvalue weighted by Crippen LogP contribution is -1.98. The maximum atomic E-state index is 6.26. The molecule has 1 aliphatic heterocycles. The second-order valence-electron chi connectivity index (χ2n) is 4.35. The average Bonchev–Trinajstić information content (AvgIpc) is 2.89. The van der Waals surface area contributed by atoms with E-state index in [1.807, 2.05) is 48.5 Å². The molecule has 2 aromatic rings. The Bertz CT molecular complexity index is 622. The monoisotopic (exact) mass is 272 g/mol. The number of ether oxygens (including phenoxy) is 2. The largest absolute Gasteiger partial charge is 0.454 e. The first-order chi connectivity index (χ1) is 9.29. The van der Waals surface area contributed by atoms with Crippen LogP contribution in [0.3, 0.4) is 0 Å². The Morgan fingerprint density at radius 3 is 2.68 bits per heavy atom. The molecule has 1 atom stereocenters. The third kappa shape index (κ3) is 2.20. The zero-order valence-corrected chi connectivity index (χ0v) is 11.1. The van der Waals surface area contributed by atoms with E-state index in [9.17, 15) is 0 Å². The fourth-order valence-electron chi connectivity index (χ4n) is 2.28. The number of hydrogen-bond donors (Lipinski definition) is 0. The molecule has 3 heteroatoms. The number of benzene rings is 2. The lowest BCUT2D eigenvalue weighted by atomic mass is 9.91. The van der Waals surface area contributed by atoms with Gasteiger partial charge in [-0.3, -0.25) is 0 Å². The van der Waals surface area contributed by atoms with Crippen molar-refractivity contribution in [2.45, 2.75) is 5.92 Å². The molecule has 0 saturated carbocycles. The Labute approximate surface area is 117 Å². The highest BCUT2D eigenvalue weighted by atomic mass is 35.5. The summed E-state index contributed by atoms with van der Waals surface area (Å²) < 4.78 is 10.7. The highest BCUT2D eigenvalue weighted by molar-refractivity contribution is 6.31. The van der Waals surface area contributed by atoms with Crippen LogP contribution in [-0.2, 0) is 0 Å². The van der Waals surface area contributed by atoms with Gasteiger partial charge in [-0.05, 0) is 29.3 Å². The summed E-state index contributed by atoms with van der Waals surface area (Å²) in [5.74, 6) is 1.60. The van der Waals surface area contributed by atoms with E-state index >= 15 is 0 Å². The number of allylic oxidation sites excluding steroid dienone is 1. The molecule has 3 rings (SSSR count). The average molecular weight is 273 g/mol. The van der Waals surface area contributed by atoms with E-state index in [1.165, 1.54) is 0 Å². The van der Waals surface area contributed by atoms with Crippen molar-refractivity contribution in [3.05, 3.63) is 71.3 Å². The molecule has 2 aromatic carbocycles. The maximum absolute atomic E-state index is 6.26. The van der Waals surface area contributed by atoms with Crippen LogP contribution in [0.4, 0.5) is 0 Å². The Balaban J connectivity index is 2.04. The SMILES string of the molecule is C=C[C@@H](c1ccc2c(c1)OCO2)c1ccccc1Cl. The number of fused-ring (bicyclic) bond motifs is 1. The van der Waals surface area contributed by atoms with E-state index in [0.717, 1.165) is 27.6 Å². The smallest absolute Gasteiger partial charge is 0.231 e. The first-order valence-electron chi connectivity index (χ1n) is 6.06. The summed E-state index contributed by atoms with van der Waals surface area (Å²) in [6.07, 6.45) is 1.89. The highest BCUT2D eigenvalue weighted by Gasteiger charge is 2.18. The van der Waals surface area contributed by atoms with Gasteiger partial charge in [0.25, 0.3) is 0 Å². The molecule has 0 bridgehead atoms. The standard InChI is InChI=1S/C16H13ClO2/c1-2-12(13-5-3-4-6-14(13)17)11-7-8-15-16(9-11)19-10-18-15/h2-9,12H,1,10H2/t12-/m0/s1. The fraction of sp³-hybridized carbons (Fsp3) is 0.125. The molecule has 0 amide bonds. The molecule has 0 aliphatic carbocycles. The maximum Gasteiger partial charge on any atom is 0.231 e. The van der Waals surface area contributed by atoms with Crippen LogP contribution < -0.4 is 9.47 Å². The van der Waals surface area contributed by atoms with Crippen LogP contribution in [0, 0.1) is 0 Å². The van der Waals surface area contributed by atoms with Gasteiger partial charge in [0, 0.05) is 10.9 Å². The predicted octanol–water partition coefficient (Wildman–Crippen LogP) is 4.39. The second kappa shape index (κ2) is 4.98. The lowest BCUT2D eigenvalue weighted by molar-refractivity contribution is 0.174. The van der Waals surface area contributed by atoms with Gasteiger partial charge < -0.3 is 9.47 Å². The van der Waals surface area contributed by atoms with E-state index in [-0.39, 0.29) is 12.7 Å². The van der Waals surface area contributed by atoms with Gasteiger partial charge in [0.15, 0.2) is 11.5 Å². The van der Waals surface area contributed by atoms with Crippen molar-refractivity contribution in [1.29, 1.82) is 0 Å². The van der Waals surface area contributed by atoms with Gasteiger partial charge in [0.2, 0.25) is 6.79 Å². The molecule has 96 valence electrons. The quantitative estimate of drug-likeness (QED) is 0.772. The molecule has 0 fully saturated rings. The summed E-state index contributed by atoms with van der Waals surface area (Å²) in [5.41, 5.74) is 2.13. The first kappa shape index (κ1) is 12.1. The molecule has 1 aliphatic rings. The molecule has 0 radical (unpaired) electrons. The van der Waals surface area contributed by atoms with E-state index in [0.29, 0.717) is 0 Å². The van der Waals surface area contributed by atoms with Crippen molar-refractivity contribution < 1.29 is 9.47 Å². The summed E-state index contributed by atoms with van der Waals surface area (Å²) in [4.78, 5) is 0. The predicted molar refractivity (Wildman–Crippen MR) is 76.1 cm³/mol. The molecule has 0 spiro atoms. The summed E-state index contributed by atoms with van der Waals surface area (Å²) in [6.45, 7) is 4.20. The summed E-state index contributed by atoms with van der Waals surface area (Å²) in [6, 6.07) is 13.7. The van der Waals surface area contributed by atoms with E-state index in [2.05, 4.69) is 6.58 Å². The molecular formula is C16H13ClO2. The summed E-state index contributed by atoms with van der Waals surface area (Å²) in [7, 11) is 0. The third-order valence-corrected chi connectivity index (χ3v) is 3.58. The zero-order chi connectivity index (χ0) is 13.2. The zero-order valence-electron chi connectivity index (χ0n) is 10.3. The minimum Gasteiger partial charge on any atom is -0.454 e. The normalized spacial score (nSPS) is 14.2. The van der Waals surface area contributed by atoms with Crippen molar-refractivity contribution in [1.82, 2.24) is 0 Å². The Kier molecular flexibility index (Phi) is 3.18. The van der Waals surface area contributed by atoms with Gasteiger partial charge in [0.1, 0.15) is 0 Å². The third-order valence-electron chi connectivity index (χ3n) is 3.23. The second-order valence-corrected chi connectivity index (χ2v) is 4.75. The Morgan fingerprint density at radius 1 is 1.11 bits per heavy atom.